The quantitative estimate of drug-likeness (QED) is 0.327. The van der Waals surface area contributed by atoms with E-state index in [1.807, 2.05) is 101 Å². The summed E-state index contributed by atoms with van der Waals surface area (Å²) < 4.78 is 5.92. The molecule has 37 heavy (non-hydrogen) atoms. The monoisotopic (exact) mass is 520 g/mol. The van der Waals surface area contributed by atoms with Gasteiger partial charge in [-0.3, -0.25) is 9.59 Å². The van der Waals surface area contributed by atoms with Crippen LogP contribution in [0.1, 0.15) is 48.1 Å². The Morgan fingerprint density at radius 3 is 2.16 bits per heavy atom. The van der Waals surface area contributed by atoms with Gasteiger partial charge in [0, 0.05) is 24.0 Å². The van der Waals surface area contributed by atoms with E-state index in [1.165, 1.54) is 0 Å². The van der Waals surface area contributed by atoms with Crippen LogP contribution in [0.3, 0.4) is 0 Å². The minimum atomic E-state index is -0.692. The second-order valence-electron chi connectivity index (χ2n) is 9.69. The highest BCUT2D eigenvalue weighted by Gasteiger charge is 2.31. The Hall–Kier alpha value is -3.31. The number of rotatable bonds is 11. The van der Waals surface area contributed by atoms with Crippen molar-refractivity contribution in [3.05, 3.63) is 99.6 Å². The molecule has 0 aromatic heterocycles. The van der Waals surface area contributed by atoms with Gasteiger partial charge in [-0.1, -0.05) is 78.7 Å². The molecule has 1 N–H and O–H groups in total. The van der Waals surface area contributed by atoms with Crippen LogP contribution in [0.2, 0.25) is 5.02 Å². The molecule has 0 saturated carbocycles. The number of hydrogen-bond donors (Lipinski definition) is 1. The first-order chi connectivity index (χ1) is 17.7. The fourth-order valence-electron chi connectivity index (χ4n) is 4.10. The Bertz CT molecular complexity index is 1170. The fraction of sp³-hybridized carbons (Fsp3) is 0.355. The Labute approximate surface area is 225 Å². The van der Waals surface area contributed by atoms with Crippen molar-refractivity contribution in [2.45, 2.75) is 66.1 Å². The van der Waals surface area contributed by atoms with E-state index in [2.05, 4.69) is 5.32 Å². The summed E-state index contributed by atoms with van der Waals surface area (Å²) in [4.78, 5) is 28.9. The Kier molecular flexibility index (Phi) is 10.2. The molecule has 0 saturated heterocycles. The van der Waals surface area contributed by atoms with Crippen molar-refractivity contribution in [2.24, 2.45) is 0 Å². The summed E-state index contributed by atoms with van der Waals surface area (Å²) in [6.45, 7) is 9.94. The zero-order valence-electron chi connectivity index (χ0n) is 22.4. The molecule has 3 aromatic carbocycles. The van der Waals surface area contributed by atoms with Crippen molar-refractivity contribution < 1.29 is 14.3 Å². The first kappa shape index (κ1) is 28.3. The number of nitrogens with zero attached hydrogens (tertiary/aromatic N) is 1. The third kappa shape index (κ3) is 8.09. The molecule has 5 nitrogen and oxygen atoms in total. The number of aryl methyl sites for hydroxylation is 3. The molecule has 0 aliphatic rings. The lowest BCUT2D eigenvalue weighted by Gasteiger charge is -2.32. The van der Waals surface area contributed by atoms with Gasteiger partial charge in [-0.25, -0.2) is 0 Å². The van der Waals surface area contributed by atoms with Gasteiger partial charge in [0.25, 0.3) is 5.91 Å². The molecule has 0 aliphatic carbocycles. The van der Waals surface area contributed by atoms with Crippen LogP contribution in [0.15, 0.2) is 66.7 Å². The fourth-order valence-corrected chi connectivity index (χ4v) is 4.21. The molecule has 3 rings (SSSR count). The van der Waals surface area contributed by atoms with Crippen LogP contribution in [0.25, 0.3) is 0 Å². The minimum Gasteiger partial charge on any atom is -0.484 e. The molecule has 0 bridgehead atoms. The van der Waals surface area contributed by atoms with E-state index in [4.69, 9.17) is 16.3 Å². The highest BCUT2D eigenvalue weighted by molar-refractivity contribution is 6.32. The number of carbonyl (C=O) groups is 2. The van der Waals surface area contributed by atoms with Crippen LogP contribution in [0, 0.1) is 20.8 Å². The molecule has 3 aromatic rings. The van der Waals surface area contributed by atoms with Crippen molar-refractivity contribution >= 4 is 23.4 Å². The molecule has 2 amide bonds. The molecular weight excluding hydrogens is 484 g/mol. The van der Waals surface area contributed by atoms with Crippen LogP contribution in [0.5, 0.6) is 5.75 Å². The third-order valence-electron chi connectivity index (χ3n) is 6.52. The van der Waals surface area contributed by atoms with Crippen LogP contribution >= 0.6 is 11.6 Å². The predicted octanol–water partition coefficient (Wildman–Crippen LogP) is 6.20. The van der Waals surface area contributed by atoms with Gasteiger partial charge >= 0.3 is 0 Å². The number of benzene rings is 3. The summed E-state index contributed by atoms with van der Waals surface area (Å²) in [7, 11) is 0. The molecule has 0 aliphatic heterocycles. The summed E-state index contributed by atoms with van der Waals surface area (Å²) in [6, 6.07) is 20.8. The highest BCUT2D eigenvalue weighted by atomic mass is 35.5. The summed E-state index contributed by atoms with van der Waals surface area (Å²) in [5.74, 6) is 0.148. The Morgan fingerprint density at radius 2 is 1.57 bits per heavy atom. The molecule has 196 valence electrons. The largest absolute Gasteiger partial charge is 0.484 e. The SMILES string of the molecule is CC[C@@H](C)NC(=O)[C@@H](Cc1ccccc1)N(Cc1ccc(C)cc1)C(=O)COc1cc(C)c(Cl)c(C)c1. The lowest BCUT2D eigenvalue weighted by molar-refractivity contribution is -0.143. The summed E-state index contributed by atoms with van der Waals surface area (Å²) >= 11 is 6.30. The van der Waals surface area contributed by atoms with E-state index in [0.717, 1.165) is 34.2 Å². The molecule has 0 fully saturated rings. The van der Waals surface area contributed by atoms with Crippen molar-refractivity contribution in [3.8, 4) is 5.75 Å². The number of nitrogens with one attached hydrogen (secondary N) is 1. The van der Waals surface area contributed by atoms with Gasteiger partial charge in [0.05, 0.1) is 0 Å². The van der Waals surface area contributed by atoms with Gasteiger partial charge in [0.1, 0.15) is 11.8 Å². The van der Waals surface area contributed by atoms with E-state index in [0.29, 0.717) is 23.7 Å². The van der Waals surface area contributed by atoms with Gasteiger partial charge in [-0.2, -0.15) is 0 Å². The number of hydrogen-bond acceptors (Lipinski definition) is 3. The molecule has 0 unspecified atom stereocenters. The minimum absolute atomic E-state index is 0.00151. The second kappa shape index (κ2) is 13.3. The molecule has 2 atom stereocenters. The third-order valence-corrected chi connectivity index (χ3v) is 7.11. The maximum Gasteiger partial charge on any atom is 0.261 e. The van der Waals surface area contributed by atoms with Crippen LogP contribution < -0.4 is 10.1 Å². The maximum absolute atomic E-state index is 13.7. The van der Waals surface area contributed by atoms with E-state index in [1.54, 1.807) is 4.90 Å². The van der Waals surface area contributed by atoms with E-state index in [9.17, 15) is 9.59 Å². The topological polar surface area (TPSA) is 58.6 Å². The van der Waals surface area contributed by atoms with Crippen molar-refractivity contribution in [1.82, 2.24) is 10.2 Å². The van der Waals surface area contributed by atoms with Gasteiger partial charge in [-0.05, 0) is 68.5 Å². The van der Waals surface area contributed by atoms with Gasteiger partial charge in [0.2, 0.25) is 5.91 Å². The van der Waals surface area contributed by atoms with Crippen LogP contribution in [-0.4, -0.2) is 35.4 Å². The first-order valence-electron chi connectivity index (χ1n) is 12.8. The summed E-state index contributed by atoms with van der Waals surface area (Å²) in [5, 5.41) is 3.77. The molecule has 0 spiro atoms. The summed E-state index contributed by atoms with van der Waals surface area (Å²) in [6.07, 6.45) is 1.20. The maximum atomic E-state index is 13.7. The lowest BCUT2D eigenvalue weighted by Crippen LogP contribution is -2.53. The van der Waals surface area contributed by atoms with E-state index < -0.39 is 6.04 Å². The predicted molar refractivity (Wildman–Crippen MR) is 150 cm³/mol. The molecule has 6 heteroatoms. The molecule has 0 radical (unpaired) electrons. The zero-order valence-corrected chi connectivity index (χ0v) is 23.1. The summed E-state index contributed by atoms with van der Waals surface area (Å²) in [5.41, 5.74) is 4.84. The highest BCUT2D eigenvalue weighted by Crippen LogP contribution is 2.26. The van der Waals surface area contributed by atoms with Gasteiger partial charge in [-0.15, -0.1) is 0 Å². The first-order valence-corrected chi connectivity index (χ1v) is 13.1. The van der Waals surface area contributed by atoms with Crippen LogP contribution in [-0.2, 0) is 22.6 Å². The zero-order chi connectivity index (χ0) is 26.9. The number of amides is 2. The normalized spacial score (nSPS) is 12.5. The average molecular weight is 521 g/mol. The van der Waals surface area contributed by atoms with E-state index >= 15 is 0 Å². The molecular formula is C31H37ClN2O3. The van der Waals surface area contributed by atoms with Gasteiger partial charge < -0.3 is 15.0 Å². The smallest absolute Gasteiger partial charge is 0.261 e. The van der Waals surface area contributed by atoms with Crippen molar-refractivity contribution in [1.29, 1.82) is 0 Å². The standard InChI is InChI=1S/C31H37ClN2O3/c1-6-24(5)33-31(36)28(18-25-10-8-7-9-11-25)34(19-26-14-12-21(2)13-15-26)29(35)20-37-27-16-22(3)30(32)23(4)17-27/h7-17,24,28H,6,18-20H2,1-5H3,(H,33,36)/t24-,28-/m1/s1. The number of carbonyl (C=O) groups excluding carboxylic acids is 2. The van der Waals surface area contributed by atoms with Crippen molar-refractivity contribution in [2.75, 3.05) is 6.61 Å². The average Bonchev–Trinajstić information content (AvgIpc) is 2.89. The van der Waals surface area contributed by atoms with Gasteiger partial charge in [0.15, 0.2) is 6.61 Å². The van der Waals surface area contributed by atoms with Crippen molar-refractivity contribution in [3.63, 3.8) is 0 Å². The second-order valence-corrected chi connectivity index (χ2v) is 10.1. The Balaban J connectivity index is 1.92. The molecule has 0 heterocycles. The van der Waals surface area contributed by atoms with E-state index in [-0.39, 0.29) is 24.5 Å². The number of ether oxygens (including phenoxy) is 1. The Morgan fingerprint density at radius 1 is 0.946 bits per heavy atom. The lowest BCUT2D eigenvalue weighted by atomic mass is 10.0. The number of halogens is 1. The van der Waals surface area contributed by atoms with Crippen LogP contribution in [0.4, 0.5) is 0 Å².